The van der Waals surface area contributed by atoms with E-state index in [1.807, 2.05) is 12.1 Å². The van der Waals surface area contributed by atoms with Crippen molar-refractivity contribution >= 4 is 23.3 Å². The molecule has 4 heteroatoms. The Balaban J connectivity index is 2.15. The lowest BCUT2D eigenvalue weighted by molar-refractivity contribution is -0.140. The van der Waals surface area contributed by atoms with E-state index < -0.39 is 5.97 Å². The third-order valence-electron chi connectivity index (χ3n) is 4.43. The fraction of sp³-hybridized carbons (Fsp3) is 0.500. The number of aliphatic carboxylic acids is 1. The highest BCUT2D eigenvalue weighted by Gasteiger charge is 2.45. The SMILES string of the molecule is CN1c2cc(Cl)ccc2C(C(=O)O)C2CCCC21. The van der Waals surface area contributed by atoms with Crippen molar-refractivity contribution in [2.75, 3.05) is 11.9 Å². The van der Waals surface area contributed by atoms with E-state index >= 15 is 0 Å². The van der Waals surface area contributed by atoms with Crippen LogP contribution in [0.5, 0.6) is 0 Å². The normalized spacial score (nSPS) is 29.9. The van der Waals surface area contributed by atoms with E-state index in [9.17, 15) is 9.90 Å². The number of benzene rings is 1. The van der Waals surface area contributed by atoms with Gasteiger partial charge in [-0.05, 0) is 36.5 Å². The van der Waals surface area contributed by atoms with E-state index in [2.05, 4.69) is 11.9 Å². The number of carboxylic acids is 1. The minimum Gasteiger partial charge on any atom is -0.481 e. The monoisotopic (exact) mass is 265 g/mol. The Morgan fingerprint density at radius 1 is 1.44 bits per heavy atom. The highest BCUT2D eigenvalue weighted by molar-refractivity contribution is 6.30. The molecule has 96 valence electrons. The van der Waals surface area contributed by atoms with Gasteiger partial charge in [-0.25, -0.2) is 0 Å². The molecule has 0 spiro atoms. The maximum absolute atomic E-state index is 11.6. The molecule has 1 aromatic rings. The molecule has 3 unspecified atom stereocenters. The molecule has 0 aromatic heterocycles. The van der Waals surface area contributed by atoms with Gasteiger partial charge in [0.2, 0.25) is 0 Å². The summed E-state index contributed by atoms with van der Waals surface area (Å²) in [6.45, 7) is 0. The molecule has 1 N–H and O–H groups in total. The Bertz CT molecular complexity index is 503. The van der Waals surface area contributed by atoms with E-state index in [1.54, 1.807) is 6.07 Å². The van der Waals surface area contributed by atoms with E-state index in [4.69, 9.17) is 11.6 Å². The smallest absolute Gasteiger partial charge is 0.311 e. The second-order valence-corrected chi connectivity index (χ2v) is 5.73. The zero-order chi connectivity index (χ0) is 12.9. The zero-order valence-corrected chi connectivity index (χ0v) is 11.0. The lowest BCUT2D eigenvalue weighted by atomic mass is 9.78. The van der Waals surface area contributed by atoms with Crippen molar-refractivity contribution in [3.8, 4) is 0 Å². The summed E-state index contributed by atoms with van der Waals surface area (Å²) in [7, 11) is 2.05. The third-order valence-corrected chi connectivity index (χ3v) is 4.67. The number of carboxylic acid groups (broad SMARTS) is 1. The number of nitrogens with zero attached hydrogens (tertiary/aromatic N) is 1. The maximum Gasteiger partial charge on any atom is 0.311 e. The van der Waals surface area contributed by atoms with Crippen LogP contribution in [0.3, 0.4) is 0 Å². The van der Waals surface area contributed by atoms with Gasteiger partial charge in [-0.1, -0.05) is 24.1 Å². The highest BCUT2D eigenvalue weighted by Crippen LogP contribution is 2.48. The fourth-order valence-corrected chi connectivity index (χ4v) is 3.82. The minimum atomic E-state index is -0.705. The van der Waals surface area contributed by atoms with Crippen molar-refractivity contribution in [1.29, 1.82) is 0 Å². The van der Waals surface area contributed by atoms with Gasteiger partial charge in [0, 0.05) is 23.8 Å². The van der Waals surface area contributed by atoms with Crippen LogP contribution in [0.2, 0.25) is 5.02 Å². The first-order valence-corrected chi connectivity index (χ1v) is 6.72. The Labute approximate surface area is 111 Å². The number of rotatable bonds is 1. The Morgan fingerprint density at radius 3 is 2.94 bits per heavy atom. The van der Waals surface area contributed by atoms with Crippen LogP contribution in [0, 0.1) is 5.92 Å². The summed E-state index contributed by atoms with van der Waals surface area (Å²) in [6.07, 6.45) is 3.20. The van der Waals surface area contributed by atoms with Crippen molar-refractivity contribution in [2.45, 2.75) is 31.2 Å². The number of anilines is 1. The number of fused-ring (bicyclic) bond motifs is 2. The average molecular weight is 266 g/mol. The van der Waals surface area contributed by atoms with Gasteiger partial charge in [-0.3, -0.25) is 4.79 Å². The standard InChI is InChI=1S/C14H16ClNO2/c1-16-11-4-2-3-9(11)13(14(17)18)10-6-5-8(15)7-12(10)16/h5-7,9,11,13H,2-4H2,1H3,(H,17,18). The van der Waals surface area contributed by atoms with Gasteiger partial charge < -0.3 is 10.0 Å². The second-order valence-electron chi connectivity index (χ2n) is 5.29. The van der Waals surface area contributed by atoms with Crippen molar-refractivity contribution in [1.82, 2.24) is 0 Å². The number of hydrogen-bond donors (Lipinski definition) is 1. The van der Waals surface area contributed by atoms with Crippen LogP contribution in [0.4, 0.5) is 5.69 Å². The zero-order valence-electron chi connectivity index (χ0n) is 10.3. The van der Waals surface area contributed by atoms with Gasteiger partial charge in [0.15, 0.2) is 0 Å². The van der Waals surface area contributed by atoms with Crippen LogP contribution >= 0.6 is 11.6 Å². The lowest BCUT2D eigenvalue weighted by Gasteiger charge is -2.41. The second kappa shape index (κ2) is 4.16. The van der Waals surface area contributed by atoms with Crippen molar-refractivity contribution in [3.05, 3.63) is 28.8 Å². The van der Waals surface area contributed by atoms with E-state index in [1.165, 1.54) is 0 Å². The van der Waals surface area contributed by atoms with E-state index in [0.29, 0.717) is 11.1 Å². The molecule has 1 aliphatic heterocycles. The molecule has 3 rings (SSSR count). The summed E-state index contributed by atoms with van der Waals surface area (Å²) < 4.78 is 0. The van der Waals surface area contributed by atoms with Gasteiger partial charge in [0.25, 0.3) is 0 Å². The molecule has 1 fully saturated rings. The molecule has 3 atom stereocenters. The van der Waals surface area contributed by atoms with Gasteiger partial charge >= 0.3 is 5.97 Å². The lowest BCUT2D eigenvalue weighted by Crippen LogP contribution is -2.44. The average Bonchev–Trinajstić information content (AvgIpc) is 2.79. The van der Waals surface area contributed by atoms with Crippen LogP contribution in [0.15, 0.2) is 18.2 Å². The van der Waals surface area contributed by atoms with Crippen molar-refractivity contribution in [3.63, 3.8) is 0 Å². The summed E-state index contributed by atoms with van der Waals surface area (Å²) in [4.78, 5) is 13.8. The van der Waals surface area contributed by atoms with E-state index in [0.717, 1.165) is 30.5 Å². The molecule has 18 heavy (non-hydrogen) atoms. The molecular formula is C14H16ClNO2. The Morgan fingerprint density at radius 2 is 2.22 bits per heavy atom. The summed E-state index contributed by atoms with van der Waals surface area (Å²) in [5.74, 6) is -0.842. The summed E-state index contributed by atoms with van der Waals surface area (Å²) in [5, 5.41) is 10.2. The first-order valence-electron chi connectivity index (χ1n) is 6.34. The quantitative estimate of drug-likeness (QED) is 0.848. The third kappa shape index (κ3) is 1.61. The molecule has 3 nitrogen and oxygen atoms in total. The Hall–Kier alpha value is -1.22. The molecule has 1 aromatic carbocycles. The number of carbonyl (C=O) groups is 1. The summed E-state index contributed by atoms with van der Waals surface area (Å²) >= 11 is 6.04. The van der Waals surface area contributed by atoms with Crippen LogP contribution in [0.25, 0.3) is 0 Å². The predicted octanol–water partition coefficient (Wildman–Crippen LogP) is 3.13. The van der Waals surface area contributed by atoms with Crippen molar-refractivity contribution in [2.24, 2.45) is 5.92 Å². The first-order chi connectivity index (χ1) is 8.59. The Kier molecular flexibility index (Phi) is 2.74. The maximum atomic E-state index is 11.6. The molecular weight excluding hydrogens is 250 g/mol. The molecule has 0 bridgehead atoms. The van der Waals surface area contributed by atoms with E-state index in [-0.39, 0.29) is 11.8 Å². The largest absolute Gasteiger partial charge is 0.481 e. The van der Waals surface area contributed by atoms with Gasteiger partial charge in [0.05, 0.1) is 5.92 Å². The van der Waals surface area contributed by atoms with Gasteiger partial charge in [-0.2, -0.15) is 0 Å². The molecule has 1 heterocycles. The first kappa shape index (κ1) is 11.8. The minimum absolute atomic E-state index is 0.237. The topological polar surface area (TPSA) is 40.5 Å². The molecule has 2 aliphatic rings. The van der Waals surface area contributed by atoms with Crippen LogP contribution < -0.4 is 4.90 Å². The highest BCUT2D eigenvalue weighted by atomic mass is 35.5. The summed E-state index contributed by atoms with van der Waals surface area (Å²) in [6, 6.07) is 5.90. The predicted molar refractivity (Wildman–Crippen MR) is 71.4 cm³/mol. The molecule has 0 radical (unpaired) electrons. The molecule has 1 saturated carbocycles. The van der Waals surface area contributed by atoms with Crippen LogP contribution in [-0.2, 0) is 4.79 Å². The summed E-state index contributed by atoms with van der Waals surface area (Å²) in [5.41, 5.74) is 1.90. The molecule has 1 aliphatic carbocycles. The van der Waals surface area contributed by atoms with Gasteiger partial charge in [-0.15, -0.1) is 0 Å². The van der Waals surface area contributed by atoms with Crippen LogP contribution in [-0.4, -0.2) is 24.2 Å². The molecule has 0 saturated heterocycles. The fourth-order valence-electron chi connectivity index (χ4n) is 3.65. The number of hydrogen-bond acceptors (Lipinski definition) is 2. The molecule has 0 amide bonds. The van der Waals surface area contributed by atoms with Crippen molar-refractivity contribution < 1.29 is 9.90 Å². The van der Waals surface area contributed by atoms with Crippen LogP contribution in [0.1, 0.15) is 30.7 Å². The number of halogens is 1. The van der Waals surface area contributed by atoms with Gasteiger partial charge in [0.1, 0.15) is 0 Å².